The van der Waals surface area contributed by atoms with Gasteiger partial charge in [0.15, 0.2) is 0 Å². The number of aryl methyl sites for hydroxylation is 1. The number of H-pyrrole nitrogens is 1. The average molecular weight is 353 g/mol. The van der Waals surface area contributed by atoms with E-state index in [-0.39, 0.29) is 30.3 Å². The van der Waals surface area contributed by atoms with Crippen molar-refractivity contribution in [3.05, 3.63) is 47.4 Å². The Morgan fingerprint density at radius 3 is 3.00 bits per heavy atom. The Bertz CT molecular complexity index is 961. The van der Waals surface area contributed by atoms with Crippen molar-refractivity contribution in [1.82, 2.24) is 25.9 Å². The summed E-state index contributed by atoms with van der Waals surface area (Å²) in [5.74, 6) is -0.183. The molecule has 0 saturated carbocycles. The zero-order valence-corrected chi connectivity index (χ0v) is 14.3. The summed E-state index contributed by atoms with van der Waals surface area (Å²) in [6.45, 7) is 1.74. The smallest absolute Gasteiger partial charge is 0.226 e. The number of piperidine rings is 1. The molecule has 3 aromatic rings. The lowest BCUT2D eigenvalue weighted by atomic mass is 9.91. The maximum atomic E-state index is 12.5. The molecule has 134 valence electrons. The van der Waals surface area contributed by atoms with Crippen molar-refractivity contribution >= 4 is 22.7 Å². The van der Waals surface area contributed by atoms with Crippen LogP contribution in [-0.4, -0.2) is 33.2 Å². The average Bonchev–Trinajstić information content (AvgIpc) is 3.23. The van der Waals surface area contributed by atoms with Gasteiger partial charge < -0.3 is 15.6 Å². The summed E-state index contributed by atoms with van der Waals surface area (Å²) in [7, 11) is 0. The second-order valence-corrected chi connectivity index (χ2v) is 6.52. The monoisotopic (exact) mass is 353 g/mol. The first kappa shape index (κ1) is 16.3. The molecule has 1 saturated heterocycles. The SMILES string of the molecule is Cc1nonc1CC(=O)N[C@@H]1CCC(=O)N[C@H]1c1c[nH]c2ccccc12. The van der Waals surface area contributed by atoms with Gasteiger partial charge in [-0.2, -0.15) is 0 Å². The number of nitrogens with one attached hydrogen (secondary N) is 3. The summed E-state index contributed by atoms with van der Waals surface area (Å²) in [5, 5.41) is 14.5. The van der Waals surface area contributed by atoms with Gasteiger partial charge in [-0.25, -0.2) is 4.63 Å². The van der Waals surface area contributed by atoms with Gasteiger partial charge in [-0.3, -0.25) is 9.59 Å². The number of amides is 2. The Balaban J connectivity index is 1.56. The highest BCUT2D eigenvalue weighted by Crippen LogP contribution is 2.30. The Morgan fingerprint density at radius 1 is 1.35 bits per heavy atom. The molecular weight excluding hydrogens is 334 g/mol. The van der Waals surface area contributed by atoms with E-state index in [1.54, 1.807) is 6.92 Å². The van der Waals surface area contributed by atoms with E-state index in [0.717, 1.165) is 16.5 Å². The first-order chi connectivity index (χ1) is 12.6. The predicted molar refractivity (Wildman–Crippen MR) is 93.1 cm³/mol. The van der Waals surface area contributed by atoms with Crippen LogP contribution in [0.2, 0.25) is 0 Å². The quantitative estimate of drug-likeness (QED) is 0.658. The van der Waals surface area contributed by atoms with Crippen LogP contribution in [0.25, 0.3) is 10.9 Å². The van der Waals surface area contributed by atoms with E-state index in [4.69, 9.17) is 0 Å². The summed E-state index contributed by atoms with van der Waals surface area (Å²) in [6.07, 6.45) is 2.96. The number of hydrogen-bond donors (Lipinski definition) is 3. The molecule has 0 bridgehead atoms. The largest absolute Gasteiger partial charge is 0.361 e. The number of benzene rings is 1. The number of aromatic nitrogens is 3. The Kier molecular flexibility index (Phi) is 4.16. The van der Waals surface area contributed by atoms with Gasteiger partial charge in [0, 0.05) is 29.1 Å². The fourth-order valence-corrected chi connectivity index (χ4v) is 3.42. The first-order valence-electron chi connectivity index (χ1n) is 8.54. The maximum absolute atomic E-state index is 12.5. The van der Waals surface area contributed by atoms with Gasteiger partial charge in [-0.15, -0.1) is 0 Å². The molecule has 4 rings (SSSR count). The molecule has 0 spiro atoms. The number of rotatable bonds is 4. The van der Waals surface area contributed by atoms with Crippen molar-refractivity contribution in [3.8, 4) is 0 Å². The summed E-state index contributed by atoms with van der Waals surface area (Å²) in [4.78, 5) is 27.6. The van der Waals surface area contributed by atoms with Gasteiger partial charge in [-0.05, 0) is 19.4 Å². The van der Waals surface area contributed by atoms with Gasteiger partial charge in [-0.1, -0.05) is 28.5 Å². The summed E-state index contributed by atoms with van der Waals surface area (Å²) in [5.41, 5.74) is 3.09. The predicted octanol–water partition coefficient (Wildman–Crippen LogP) is 1.54. The Hall–Kier alpha value is -3.16. The molecule has 0 radical (unpaired) electrons. The van der Waals surface area contributed by atoms with E-state index in [9.17, 15) is 9.59 Å². The Labute approximate surface area is 149 Å². The molecule has 1 fully saturated rings. The molecule has 3 heterocycles. The minimum atomic E-state index is -0.284. The maximum Gasteiger partial charge on any atom is 0.226 e. The molecular formula is C18H19N5O3. The number of nitrogens with zero attached hydrogens (tertiary/aromatic N) is 2. The standard InChI is InChI=1S/C18H19N5O3/c1-10-15(23-26-22-10)8-17(25)20-14-6-7-16(24)21-18(14)12-9-19-13-5-3-2-4-11(12)13/h2-5,9,14,18-19H,6-8H2,1H3,(H,20,25)(H,21,24)/t14-,18+/m1/s1. The minimum Gasteiger partial charge on any atom is -0.361 e. The lowest BCUT2D eigenvalue weighted by Gasteiger charge is -2.32. The van der Waals surface area contributed by atoms with Crippen LogP contribution in [0.3, 0.4) is 0 Å². The molecule has 2 atom stereocenters. The highest BCUT2D eigenvalue weighted by atomic mass is 16.6. The van der Waals surface area contributed by atoms with Crippen molar-refractivity contribution in [2.75, 3.05) is 0 Å². The third-order valence-electron chi connectivity index (χ3n) is 4.78. The van der Waals surface area contributed by atoms with E-state index >= 15 is 0 Å². The molecule has 0 aliphatic carbocycles. The molecule has 3 N–H and O–H groups in total. The zero-order chi connectivity index (χ0) is 18.1. The molecule has 26 heavy (non-hydrogen) atoms. The molecule has 1 aliphatic heterocycles. The number of fused-ring (bicyclic) bond motifs is 1. The van der Waals surface area contributed by atoms with Crippen LogP contribution >= 0.6 is 0 Å². The first-order valence-corrected chi connectivity index (χ1v) is 8.54. The van der Waals surface area contributed by atoms with Crippen LogP contribution in [0.15, 0.2) is 35.1 Å². The zero-order valence-electron chi connectivity index (χ0n) is 14.3. The topological polar surface area (TPSA) is 113 Å². The molecule has 1 aliphatic rings. The molecule has 8 heteroatoms. The van der Waals surface area contributed by atoms with Crippen LogP contribution in [-0.2, 0) is 16.0 Å². The molecule has 2 aromatic heterocycles. The fraction of sp³-hybridized carbons (Fsp3) is 0.333. The van der Waals surface area contributed by atoms with Gasteiger partial charge in [0.25, 0.3) is 0 Å². The van der Waals surface area contributed by atoms with E-state index in [1.807, 2.05) is 30.5 Å². The van der Waals surface area contributed by atoms with Gasteiger partial charge in [0.2, 0.25) is 11.8 Å². The lowest BCUT2D eigenvalue weighted by molar-refractivity contribution is -0.126. The lowest BCUT2D eigenvalue weighted by Crippen LogP contribution is -2.50. The highest BCUT2D eigenvalue weighted by molar-refractivity contribution is 5.86. The van der Waals surface area contributed by atoms with E-state index in [2.05, 4.69) is 30.6 Å². The third kappa shape index (κ3) is 3.05. The van der Waals surface area contributed by atoms with E-state index < -0.39 is 0 Å². The normalized spacial score (nSPS) is 20.1. The molecule has 8 nitrogen and oxygen atoms in total. The highest BCUT2D eigenvalue weighted by Gasteiger charge is 2.32. The van der Waals surface area contributed by atoms with Gasteiger partial charge in [0.05, 0.1) is 18.5 Å². The molecule has 0 unspecified atom stereocenters. The number of aromatic amines is 1. The molecule has 1 aromatic carbocycles. The van der Waals surface area contributed by atoms with Crippen molar-refractivity contribution in [1.29, 1.82) is 0 Å². The number of carbonyl (C=O) groups excluding carboxylic acids is 2. The van der Waals surface area contributed by atoms with Crippen molar-refractivity contribution in [2.45, 2.75) is 38.3 Å². The number of carbonyl (C=O) groups is 2. The number of para-hydroxylation sites is 1. The van der Waals surface area contributed by atoms with Crippen LogP contribution in [0.1, 0.15) is 35.8 Å². The van der Waals surface area contributed by atoms with Crippen molar-refractivity contribution in [2.24, 2.45) is 0 Å². The minimum absolute atomic E-state index is 0.0117. The number of hydrogen-bond acceptors (Lipinski definition) is 5. The van der Waals surface area contributed by atoms with Crippen molar-refractivity contribution < 1.29 is 14.2 Å². The van der Waals surface area contributed by atoms with Crippen LogP contribution in [0, 0.1) is 6.92 Å². The second kappa shape index (κ2) is 6.62. The third-order valence-corrected chi connectivity index (χ3v) is 4.78. The van der Waals surface area contributed by atoms with Gasteiger partial charge in [0.1, 0.15) is 11.4 Å². The van der Waals surface area contributed by atoms with Crippen LogP contribution in [0.5, 0.6) is 0 Å². The summed E-state index contributed by atoms with van der Waals surface area (Å²) in [6, 6.07) is 7.42. The van der Waals surface area contributed by atoms with Gasteiger partial charge >= 0.3 is 0 Å². The van der Waals surface area contributed by atoms with Crippen LogP contribution < -0.4 is 10.6 Å². The summed E-state index contributed by atoms with van der Waals surface area (Å²) < 4.78 is 4.64. The molecule has 2 amide bonds. The van der Waals surface area contributed by atoms with Crippen LogP contribution in [0.4, 0.5) is 0 Å². The van der Waals surface area contributed by atoms with E-state index in [0.29, 0.717) is 24.2 Å². The Morgan fingerprint density at radius 2 is 2.19 bits per heavy atom. The second-order valence-electron chi connectivity index (χ2n) is 6.52. The van der Waals surface area contributed by atoms with E-state index in [1.165, 1.54) is 0 Å². The van der Waals surface area contributed by atoms with Crippen molar-refractivity contribution in [3.63, 3.8) is 0 Å². The fourth-order valence-electron chi connectivity index (χ4n) is 3.42. The summed E-state index contributed by atoms with van der Waals surface area (Å²) >= 11 is 0.